The predicted molar refractivity (Wildman–Crippen MR) is 33.3 cm³/mol. The average Bonchev–Trinajstić information content (AvgIpc) is 1.88. The molecular formula is C6H7NO3. The standard InChI is InChI=1S/C6H7NO3/c8-5-3-4(6(9)10)1-2-7-5/h1H,2-3H2,(H,7,8)(H,9,10). The second-order valence-electron chi connectivity index (χ2n) is 2.02. The highest BCUT2D eigenvalue weighted by Crippen LogP contribution is 2.04. The fraction of sp³-hybridized carbons (Fsp3) is 0.333. The summed E-state index contributed by atoms with van der Waals surface area (Å²) in [5.41, 5.74) is 0.184. The lowest BCUT2D eigenvalue weighted by Crippen LogP contribution is -2.29. The molecule has 2 N–H and O–H groups in total. The average molecular weight is 141 g/mol. The summed E-state index contributed by atoms with van der Waals surface area (Å²) in [7, 11) is 0. The molecule has 1 aliphatic rings. The van der Waals surface area contributed by atoms with Gasteiger partial charge in [-0.2, -0.15) is 0 Å². The van der Waals surface area contributed by atoms with Gasteiger partial charge in [-0.05, 0) is 0 Å². The lowest BCUT2D eigenvalue weighted by Gasteiger charge is -2.08. The molecule has 0 aromatic rings. The minimum atomic E-state index is -1.00. The van der Waals surface area contributed by atoms with E-state index in [-0.39, 0.29) is 17.9 Å². The van der Waals surface area contributed by atoms with Gasteiger partial charge in [-0.3, -0.25) is 4.79 Å². The van der Waals surface area contributed by atoms with Gasteiger partial charge < -0.3 is 10.4 Å². The molecule has 1 heterocycles. The van der Waals surface area contributed by atoms with Crippen LogP contribution in [0.5, 0.6) is 0 Å². The minimum absolute atomic E-state index is 0.00463. The van der Waals surface area contributed by atoms with E-state index in [1.54, 1.807) is 0 Å². The van der Waals surface area contributed by atoms with Crippen molar-refractivity contribution in [1.29, 1.82) is 0 Å². The highest BCUT2D eigenvalue weighted by atomic mass is 16.4. The third-order valence-electron chi connectivity index (χ3n) is 1.27. The van der Waals surface area contributed by atoms with E-state index in [0.29, 0.717) is 6.54 Å². The lowest BCUT2D eigenvalue weighted by atomic mass is 10.1. The summed E-state index contributed by atoms with van der Waals surface area (Å²) in [5, 5.41) is 10.9. The van der Waals surface area contributed by atoms with E-state index in [0.717, 1.165) is 0 Å². The highest BCUT2D eigenvalue weighted by molar-refractivity contribution is 5.95. The molecule has 1 aliphatic heterocycles. The van der Waals surface area contributed by atoms with Gasteiger partial charge >= 0.3 is 5.97 Å². The van der Waals surface area contributed by atoms with Crippen LogP contribution in [0.1, 0.15) is 6.42 Å². The van der Waals surface area contributed by atoms with Crippen molar-refractivity contribution in [3.05, 3.63) is 11.6 Å². The summed E-state index contributed by atoms with van der Waals surface area (Å²) in [4.78, 5) is 20.8. The molecule has 0 aliphatic carbocycles. The Morgan fingerprint density at radius 3 is 2.80 bits per heavy atom. The van der Waals surface area contributed by atoms with E-state index in [2.05, 4.69) is 5.32 Å². The molecule has 54 valence electrons. The second-order valence-corrected chi connectivity index (χ2v) is 2.02. The monoisotopic (exact) mass is 141 g/mol. The molecule has 0 aromatic carbocycles. The molecule has 0 radical (unpaired) electrons. The van der Waals surface area contributed by atoms with Gasteiger partial charge in [-0.25, -0.2) is 4.79 Å². The van der Waals surface area contributed by atoms with Crippen LogP contribution in [0.15, 0.2) is 11.6 Å². The molecule has 0 unspecified atom stereocenters. The number of amides is 1. The van der Waals surface area contributed by atoms with E-state index < -0.39 is 5.97 Å². The molecule has 0 aromatic heterocycles. The highest BCUT2D eigenvalue weighted by Gasteiger charge is 2.15. The van der Waals surface area contributed by atoms with Gasteiger partial charge in [-0.1, -0.05) is 6.08 Å². The molecule has 4 heteroatoms. The van der Waals surface area contributed by atoms with Crippen molar-refractivity contribution in [2.75, 3.05) is 6.54 Å². The fourth-order valence-electron chi connectivity index (χ4n) is 0.759. The molecular weight excluding hydrogens is 134 g/mol. The zero-order valence-electron chi connectivity index (χ0n) is 5.26. The van der Waals surface area contributed by atoms with E-state index in [1.807, 2.05) is 0 Å². The van der Waals surface area contributed by atoms with Gasteiger partial charge in [0, 0.05) is 12.1 Å². The zero-order chi connectivity index (χ0) is 7.56. The van der Waals surface area contributed by atoms with Crippen LogP contribution in [0.4, 0.5) is 0 Å². The number of rotatable bonds is 1. The van der Waals surface area contributed by atoms with Gasteiger partial charge in [0.1, 0.15) is 0 Å². The SMILES string of the molecule is O=C1CC(C(=O)O)=CCN1. The normalized spacial score (nSPS) is 17.6. The van der Waals surface area contributed by atoms with E-state index in [1.165, 1.54) is 6.08 Å². The Kier molecular flexibility index (Phi) is 1.71. The van der Waals surface area contributed by atoms with Crippen molar-refractivity contribution in [1.82, 2.24) is 5.32 Å². The summed E-state index contributed by atoms with van der Waals surface area (Å²) in [5.74, 6) is -1.23. The Morgan fingerprint density at radius 1 is 1.70 bits per heavy atom. The number of hydrogen-bond acceptors (Lipinski definition) is 2. The van der Waals surface area contributed by atoms with Crippen LogP contribution in [-0.2, 0) is 9.59 Å². The molecule has 4 nitrogen and oxygen atoms in total. The smallest absolute Gasteiger partial charge is 0.331 e. The Morgan fingerprint density at radius 2 is 2.40 bits per heavy atom. The number of carbonyl (C=O) groups excluding carboxylic acids is 1. The third kappa shape index (κ3) is 1.34. The summed E-state index contributed by atoms with van der Waals surface area (Å²) < 4.78 is 0. The quantitative estimate of drug-likeness (QED) is 0.518. The van der Waals surface area contributed by atoms with E-state index in [4.69, 9.17) is 5.11 Å². The molecule has 0 spiro atoms. The number of carbonyl (C=O) groups is 2. The summed E-state index contributed by atoms with van der Waals surface area (Å²) in [6.07, 6.45) is 1.50. The van der Waals surface area contributed by atoms with Crippen molar-refractivity contribution in [2.45, 2.75) is 6.42 Å². The molecule has 0 atom stereocenters. The first-order valence-electron chi connectivity index (χ1n) is 2.89. The first kappa shape index (κ1) is 6.80. The van der Waals surface area contributed by atoms with Crippen LogP contribution in [0.2, 0.25) is 0 Å². The number of hydrogen-bond donors (Lipinski definition) is 2. The van der Waals surface area contributed by atoms with Crippen molar-refractivity contribution in [3.8, 4) is 0 Å². The molecule has 0 saturated carbocycles. The summed E-state index contributed by atoms with van der Waals surface area (Å²) >= 11 is 0. The molecule has 1 amide bonds. The van der Waals surface area contributed by atoms with Crippen LogP contribution in [0.3, 0.4) is 0 Å². The fourth-order valence-corrected chi connectivity index (χ4v) is 0.759. The van der Waals surface area contributed by atoms with Crippen molar-refractivity contribution in [2.24, 2.45) is 0 Å². The van der Waals surface area contributed by atoms with Crippen molar-refractivity contribution in [3.63, 3.8) is 0 Å². The maximum atomic E-state index is 10.6. The van der Waals surface area contributed by atoms with Gasteiger partial charge in [0.05, 0.1) is 6.42 Å². The molecule has 0 saturated heterocycles. The van der Waals surface area contributed by atoms with E-state index >= 15 is 0 Å². The number of nitrogens with one attached hydrogen (secondary N) is 1. The first-order valence-corrected chi connectivity index (χ1v) is 2.89. The summed E-state index contributed by atoms with van der Waals surface area (Å²) in [6, 6.07) is 0. The van der Waals surface area contributed by atoms with Crippen LogP contribution < -0.4 is 5.32 Å². The maximum absolute atomic E-state index is 10.6. The maximum Gasteiger partial charge on any atom is 0.331 e. The Bertz CT molecular complexity index is 207. The number of carboxylic acids is 1. The number of aliphatic carboxylic acids is 1. The predicted octanol–water partition coefficient (Wildman–Crippen LogP) is -0.483. The first-order chi connectivity index (χ1) is 4.70. The summed E-state index contributed by atoms with van der Waals surface area (Å²) in [6.45, 7) is 0.334. The minimum Gasteiger partial charge on any atom is -0.478 e. The molecule has 10 heavy (non-hydrogen) atoms. The van der Waals surface area contributed by atoms with Crippen LogP contribution >= 0.6 is 0 Å². The third-order valence-corrected chi connectivity index (χ3v) is 1.27. The Labute approximate surface area is 57.5 Å². The van der Waals surface area contributed by atoms with Crippen LogP contribution in [0.25, 0.3) is 0 Å². The largest absolute Gasteiger partial charge is 0.478 e. The second kappa shape index (κ2) is 2.51. The topological polar surface area (TPSA) is 66.4 Å². The molecule has 0 fully saturated rings. The lowest BCUT2D eigenvalue weighted by molar-refractivity contribution is -0.134. The molecule has 1 rings (SSSR count). The van der Waals surface area contributed by atoms with Crippen LogP contribution in [-0.4, -0.2) is 23.5 Å². The van der Waals surface area contributed by atoms with Gasteiger partial charge in [0.2, 0.25) is 5.91 Å². The van der Waals surface area contributed by atoms with Gasteiger partial charge in [-0.15, -0.1) is 0 Å². The zero-order valence-corrected chi connectivity index (χ0v) is 5.26. The van der Waals surface area contributed by atoms with Crippen molar-refractivity contribution >= 4 is 11.9 Å². The van der Waals surface area contributed by atoms with Gasteiger partial charge in [0.15, 0.2) is 0 Å². The Balaban J connectivity index is 2.69. The van der Waals surface area contributed by atoms with E-state index in [9.17, 15) is 9.59 Å². The van der Waals surface area contributed by atoms with Crippen molar-refractivity contribution < 1.29 is 14.7 Å². The Hall–Kier alpha value is -1.32. The number of carboxylic acid groups (broad SMARTS) is 1. The molecule has 0 bridgehead atoms. The van der Waals surface area contributed by atoms with Gasteiger partial charge in [0.25, 0.3) is 0 Å². The van der Waals surface area contributed by atoms with Crippen LogP contribution in [0, 0.1) is 0 Å².